The van der Waals surface area contributed by atoms with Gasteiger partial charge in [0, 0.05) is 68.4 Å². The Hall–Kier alpha value is -6.39. The van der Waals surface area contributed by atoms with E-state index < -0.39 is 11.7 Å². The van der Waals surface area contributed by atoms with Gasteiger partial charge in [-0.15, -0.1) is 0 Å². The van der Waals surface area contributed by atoms with E-state index in [1.807, 2.05) is 30.3 Å². The van der Waals surface area contributed by atoms with E-state index in [-0.39, 0.29) is 29.4 Å². The average molecular weight is 721 g/mol. The van der Waals surface area contributed by atoms with Crippen molar-refractivity contribution >= 4 is 30.0 Å². The number of benzene rings is 2. The number of phenolic OH excluding ortho intramolecular Hbond substituents is 1. The fourth-order valence-corrected chi connectivity index (χ4v) is 6.28. The van der Waals surface area contributed by atoms with E-state index in [1.54, 1.807) is 36.1 Å². The lowest BCUT2D eigenvalue weighted by molar-refractivity contribution is -0.124. The molecule has 0 spiro atoms. The maximum absolute atomic E-state index is 15.0. The predicted octanol–water partition coefficient (Wildman–Crippen LogP) is 4.21. The predicted molar refractivity (Wildman–Crippen MR) is 193 cm³/mol. The molecule has 4 aromatic rings. The van der Waals surface area contributed by atoms with E-state index in [0.717, 1.165) is 24.1 Å². The van der Waals surface area contributed by atoms with Gasteiger partial charge >= 0.3 is 0 Å². The number of nitriles is 2. The van der Waals surface area contributed by atoms with Crippen LogP contribution >= 0.6 is 0 Å². The molecular formula is C38H37FN8O6. The van der Waals surface area contributed by atoms with Gasteiger partial charge in [0.2, 0.25) is 0 Å². The molecule has 5 N–H and O–H groups in total. The number of hydroxylamine groups is 1. The van der Waals surface area contributed by atoms with E-state index in [4.69, 9.17) is 24.8 Å². The van der Waals surface area contributed by atoms with Crippen LogP contribution in [0.1, 0.15) is 35.2 Å². The maximum Gasteiger partial charge on any atom is 0.290 e. The second kappa shape index (κ2) is 18.2. The minimum absolute atomic E-state index is 0.0774. The van der Waals surface area contributed by atoms with Crippen LogP contribution in [0.5, 0.6) is 5.75 Å². The summed E-state index contributed by atoms with van der Waals surface area (Å²) in [4.78, 5) is 32.9. The number of nitrogens with zero attached hydrogens (tertiary/aromatic N) is 6. The molecule has 14 nitrogen and oxygen atoms in total. The summed E-state index contributed by atoms with van der Waals surface area (Å²) >= 11 is 0. The second-order valence-corrected chi connectivity index (χ2v) is 12.1. The monoisotopic (exact) mass is 720 g/mol. The number of phenols is 1. The molecule has 53 heavy (non-hydrogen) atoms. The van der Waals surface area contributed by atoms with Crippen LogP contribution in [-0.2, 0) is 20.9 Å². The summed E-state index contributed by atoms with van der Waals surface area (Å²) < 4.78 is 20.4. The van der Waals surface area contributed by atoms with Gasteiger partial charge in [-0.3, -0.25) is 19.8 Å². The van der Waals surface area contributed by atoms with Gasteiger partial charge in [-0.05, 0) is 65.9 Å². The number of aromatic nitrogens is 2. The summed E-state index contributed by atoms with van der Waals surface area (Å²) in [5, 5.41) is 50.0. The molecule has 272 valence electrons. The van der Waals surface area contributed by atoms with Gasteiger partial charge < -0.3 is 30.1 Å². The number of carboxylic acid groups (broad SMARTS) is 1. The first-order valence-corrected chi connectivity index (χ1v) is 16.7. The Morgan fingerprint density at radius 2 is 1.72 bits per heavy atom. The van der Waals surface area contributed by atoms with Crippen molar-refractivity contribution in [3.8, 4) is 40.1 Å². The van der Waals surface area contributed by atoms with Crippen LogP contribution in [0.25, 0.3) is 28.3 Å². The minimum Gasteiger partial charge on any atom is -0.506 e. The van der Waals surface area contributed by atoms with Crippen molar-refractivity contribution in [2.24, 2.45) is 0 Å². The van der Waals surface area contributed by atoms with Crippen molar-refractivity contribution < 1.29 is 34.1 Å². The van der Waals surface area contributed by atoms with Gasteiger partial charge in [0.15, 0.2) is 0 Å². The third-order valence-electron chi connectivity index (χ3n) is 8.94. The van der Waals surface area contributed by atoms with Crippen LogP contribution in [0.2, 0.25) is 0 Å². The van der Waals surface area contributed by atoms with E-state index >= 15 is 0 Å². The number of aromatic hydroxyl groups is 1. The lowest BCUT2D eigenvalue weighted by Gasteiger charge is -2.34. The van der Waals surface area contributed by atoms with Crippen LogP contribution in [0.4, 0.5) is 15.9 Å². The molecule has 2 saturated heterocycles. The molecule has 0 aliphatic carbocycles. The molecule has 2 aliphatic rings. The Morgan fingerprint density at radius 1 is 0.981 bits per heavy atom. The van der Waals surface area contributed by atoms with Crippen molar-refractivity contribution in [1.29, 1.82) is 10.5 Å². The molecule has 0 radical (unpaired) electrons. The molecule has 2 aliphatic heterocycles. The van der Waals surface area contributed by atoms with Gasteiger partial charge in [-0.1, -0.05) is 18.2 Å². The Kier molecular flexibility index (Phi) is 13.0. The summed E-state index contributed by atoms with van der Waals surface area (Å²) in [6.45, 7) is 3.99. The molecule has 15 heteroatoms. The molecule has 2 fully saturated rings. The molecule has 0 atom stereocenters. The molecule has 4 heterocycles. The van der Waals surface area contributed by atoms with Crippen molar-refractivity contribution in [2.75, 3.05) is 49.2 Å². The molecular weight excluding hydrogens is 683 g/mol. The second-order valence-electron chi connectivity index (χ2n) is 12.1. The number of piperidine rings is 1. The number of amides is 1. The lowest BCUT2D eigenvalue weighted by atomic mass is 9.91. The number of pyridine rings is 2. The molecule has 2 aromatic heterocycles. The summed E-state index contributed by atoms with van der Waals surface area (Å²) in [5.41, 5.74) is 6.04. The zero-order chi connectivity index (χ0) is 37.7. The van der Waals surface area contributed by atoms with Crippen LogP contribution in [0.3, 0.4) is 0 Å². The molecule has 2 aromatic carbocycles. The zero-order valence-electron chi connectivity index (χ0n) is 28.6. The zero-order valence-corrected chi connectivity index (χ0v) is 28.6. The molecule has 0 unspecified atom stereocenters. The topological polar surface area (TPSA) is 208 Å². The highest BCUT2D eigenvalue weighted by molar-refractivity contribution is 5.91. The van der Waals surface area contributed by atoms with E-state index in [1.165, 1.54) is 18.2 Å². The molecule has 6 rings (SSSR count). The number of ether oxygens (including phenoxy) is 1. The van der Waals surface area contributed by atoms with Crippen molar-refractivity contribution in [3.05, 3.63) is 95.2 Å². The largest absolute Gasteiger partial charge is 0.506 e. The minimum atomic E-state index is -0.690. The Balaban J connectivity index is 0.00000175. The van der Waals surface area contributed by atoms with E-state index in [9.17, 15) is 24.8 Å². The van der Waals surface area contributed by atoms with Crippen molar-refractivity contribution in [2.45, 2.75) is 25.4 Å². The van der Waals surface area contributed by atoms with E-state index in [2.05, 4.69) is 26.2 Å². The fourth-order valence-electron chi connectivity index (χ4n) is 6.28. The van der Waals surface area contributed by atoms with Gasteiger partial charge in [0.05, 0.1) is 30.2 Å². The Bertz CT molecular complexity index is 2030. The highest BCUT2D eigenvalue weighted by Crippen LogP contribution is 2.41. The average Bonchev–Trinajstić information content (AvgIpc) is 3.19. The third kappa shape index (κ3) is 9.29. The summed E-state index contributed by atoms with van der Waals surface area (Å²) in [7, 11) is 0. The maximum atomic E-state index is 15.0. The van der Waals surface area contributed by atoms with Crippen LogP contribution < -0.4 is 20.6 Å². The number of rotatable bonds is 9. The van der Waals surface area contributed by atoms with Gasteiger partial charge in [0.25, 0.3) is 12.4 Å². The van der Waals surface area contributed by atoms with Crippen LogP contribution in [0.15, 0.2) is 67.0 Å². The fraction of sp³-hybridized carbons (Fsp3) is 0.263. The Labute approximate surface area is 305 Å². The summed E-state index contributed by atoms with van der Waals surface area (Å²) in [6, 6.07) is 17.7. The first-order chi connectivity index (χ1) is 25.8. The first kappa shape index (κ1) is 37.9. The Morgan fingerprint density at radius 3 is 2.34 bits per heavy atom. The van der Waals surface area contributed by atoms with E-state index in [0.29, 0.717) is 79.7 Å². The number of hydrogen-bond acceptors (Lipinski definition) is 12. The first-order valence-electron chi connectivity index (χ1n) is 16.7. The molecule has 1 amide bonds. The number of anilines is 2. The normalized spacial score (nSPS) is 14.5. The SMILES string of the molecule is N#Cc1ccc(-c2c(-c3ccc(N4CCOCC4)c(O)c3)cnc(N3CCC(NCc4ccc(/C=C/C(=O)NO)cn4)CC3)c2C#N)cc1F.O=CO. The number of nitrogens with one attached hydrogen (secondary N) is 2. The summed E-state index contributed by atoms with van der Waals surface area (Å²) in [6.07, 6.45) is 7.64. The third-order valence-corrected chi connectivity index (χ3v) is 8.94. The van der Waals surface area contributed by atoms with Crippen LogP contribution in [0, 0.1) is 28.5 Å². The standard InChI is InChI=1S/C37H35FN8O4.CH2O2/c38-32-17-26(3-4-27(32)19-39)36-30(20-40)37(43-23-31(36)25-5-7-33(34(47)18-25)45-13-15-50-16-14-45)46-11-9-28(10-12-46)42-22-29-6-1-24(21-41-29)2-8-35(48)44-49;2-1-3/h1-8,17-18,21,23,28,42,47,49H,9-16,22H2,(H,44,48);1H,(H,2,3)/b8-2+;. The number of carbonyl (C=O) groups excluding carboxylic acids is 1. The smallest absolute Gasteiger partial charge is 0.290 e. The summed E-state index contributed by atoms with van der Waals surface area (Å²) in [5.74, 6) is -0.744. The number of halogens is 1. The quantitative estimate of drug-likeness (QED) is 0.0712. The van der Waals surface area contributed by atoms with Gasteiger partial charge in [0.1, 0.15) is 35.1 Å². The molecule has 0 bridgehead atoms. The highest BCUT2D eigenvalue weighted by atomic mass is 19.1. The van der Waals surface area contributed by atoms with Gasteiger partial charge in [-0.25, -0.2) is 14.9 Å². The number of morpholine rings is 1. The van der Waals surface area contributed by atoms with Crippen molar-refractivity contribution in [1.82, 2.24) is 20.8 Å². The lowest BCUT2D eigenvalue weighted by Crippen LogP contribution is -2.43. The number of hydrogen-bond donors (Lipinski definition) is 5. The highest BCUT2D eigenvalue weighted by Gasteiger charge is 2.26. The van der Waals surface area contributed by atoms with Gasteiger partial charge in [-0.2, -0.15) is 10.5 Å². The number of carbonyl (C=O) groups is 2. The van der Waals surface area contributed by atoms with Crippen molar-refractivity contribution in [3.63, 3.8) is 0 Å². The molecule has 0 saturated carbocycles. The van der Waals surface area contributed by atoms with Crippen LogP contribution in [-0.4, -0.2) is 83.2 Å².